The first-order chi connectivity index (χ1) is 8.84. The molecule has 3 rings (SSSR count). The largest absolute Gasteiger partial charge is 0.365 e. The van der Waals surface area contributed by atoms with Crippen molar-refractivity contribution in [3.05, 3.63) is 30.0 Å². The fourth-order valence-corrected chi connectivity index (χ4v) is 2.92. The van der Waals surface area contributed by atoms with Gasteiger partial charge in [0.2, 0.25) is 0 Å². The van der Waals surface area contributed by atoms with Crippen LogP contribution in [0.3, 0.4) is 0 Å². The van der Waals surface area contributed by atoms with Gasteiger partial charge >= 0.3 is 0 Å². The number of aromatic nitrogens is 2. The lowest BCUT2D eigenvalue weighted by atomic mass is 10.0. The Balaban J connectivity index is 1.96. The highest BCUT2D eigenvalue weighted by Gasteiger charge is 2.65. The predicted molar refractivity (Wildman–Crippen MR) is 79.2 cm³/mol. The average molecular weight is 255 g/mol. The minimum absolute atomic E-state index is 0.298. The molecule has 1 aliphatic carbocycles. The molecule has 0 saturated heterocycles. The van der Waals surface area contributed by atoms with E-state index in [2.05, 4.69) is 38.0 Å². The van der Waals surface area contributed by atoms with Crippen molar-refractivity contribution in [3.8, 4) is 0 Å². The van der Waals surface area contributed by atoms with Gasteiger partial charge in [0.15, 0.2) is 0 Å². The lowest BCUT2D eigenvalue weighted by Crippen LogP contribution is -2.13. The number of nitrogens with zero attached hydrogens (tertiary/aromatic N) is 2. The van der Waals surface area contributed by atoms with Gasteiger partial charge in [-0.2, -0.15) is 0 Å². The summed E-state index contributed by atoms with van der Waals surface area (Å²) in [5, 5.41) is 3.58. The van der Waals surface area contributed by atoms with Gasteiger partial charge in [0, 0.05) is 6.04 Å². The Kier molecular flexibility index (Phi) is 2.40. The van der Waals surface area contributed by atoms with Crippen LogP contribution in [0, 0.1) is 17.8 Å². The van der Waals surface area contributed by atoms with Crippen LogP contribution in [0.4, 0.5) is 5.82 Å². The van der Waals surface area contributed by atoms with E-state index in [1.807, 2.05) is 31.2 Å². The Morgan fingerprint density at radius 1 is 0.947 bits per heavy atom. The fraction of sp³-hybridized carbons (Fsp3) is 0.500. The molecule has 0 aliphatic heterocycles. The number of nitrogens with one attached hydrogen (secondary N) is 1. The van der Waals surface area contributed by atoms with Crippen molar-refractivity contribution in [3.63, 3.8) is 0 Å². The van der Waals surface area contributed by atoms with Crippen LogP contribution in [0.15, 0.2) is 24.3 Å². The summed E-state index contributed by atoms with van der Waals surface area (Å²) in [6, 6.07) is 8.46. The summed E-state index contributed by atoms with van der Waals surface area (Å²) < 4.78 is 0. The summed E-state index contributed by atoms with van der Waals surface area (Å²) in [6.07, 6.45) is 0. The van der Waals surface area contributed by atoms with E-state index in [0.29, 0.717) is 16.9 Å². The van der Waals surface area contributed by atoms with Gasteiger partial charge in [0.1, 0.15) is 5.82 Å². The normalized spacial score (nSPS) is 20.5. The predicted octanol–water partition coefficient (Wildman–Crippen LogP) is 3.78. The highest BCUT2D eigenvalue weighted by molar-refractivity contribution is 5.76. The molecule has 1 aromatic heterocycles. The van der Waals surface area contributed by atoms with Crippen molar-refractivity contribution in [1.29, 1.82) is 0 Å². The number of aryl methyl sites for hydroxylation is 1. The van der Waals surface area contributed by atoms with Crippen molar-refractivity contribution in [2.45, 2.75) is 40.7 Å². The van der Waals surface area contributed by atoms with E-state index in [0.717, 1.165) is 22.5 Å². The molecule has 0 radical (unpaired) electrons. The summed E-state index contributed by atoms with van der Waals surface area (Å²) in [4.78, 5) is 9.34. The summed E-state index contributed by atoms with van der Waals surface area (Å²) in [6.45, 7) is 11.2. The number of fused-ring (bicyclic) bond motifs is 1. The van der Waals surface area contributed by atoms with Crippen molar-refractivity contribution >= 4 is 16.9 Å². The van der Waals surface area contributed by atoms with E-state index >= 15 is 0 Å². The first kappa shape index (κ1) is 12.4. The Morgan fingerprint density at radius 3 is 2.00 bits per heavy atom. The number of para-hydroxylation sites is 2. The number of benzene rings is 1. The van der Waals surface area contributed by atoms with Gasteiger partial charge in [0.05, 0.1) is 16.7 Å². The van der Waals surface area contributed by atoms with E-state index in [4.69, 9.17) is 4.98 Å². The topological polar surface area (TPSA) is 37.8 Å². The number of anilines is 1. The zero-order chi connectivity index (χ0) is 13.8. The van der Waals surface area contributed by atoms with E-state index in [9.17, 15) is 0 Å². The first-order valence-corrected chi connectivity index (χ1v) is 6.84. The molecule has 0 unspecified atom stereocenters. The zero-order valence-electron chi connectivity index (χ0n) is 12.3. The Bertz CT molecular complexity index is 629. The molecule has 1 N–H and O–H groups in total. The first-order valence-electron chi connectivity index (χ1n) is 6.84. The molecule has 1 heterocycles. The van der Waals surface area contributed by atoms with Crippen LogP contribution >= 0.6 is 0 Å². The molecule has 100 valence electrons. The fourth-order valence-electron chi connectivity index (χ4n) is 2.92. The van der Waals surface area contributed by atoms with Crippen molar-refractivity contribution in [1.82, 2.24) is 9.97 Å². The number of rotatable bonds is 2. The Morgan fingerprint density at radius 2 is 1.47 bits per heavy atom. The molecule has 1 aromatic carbocycles. The van der Waals surface area contributed by atoms with E-state index in [-0.39, 0.29) is 0 Å². The van der Waals surface area contributed by atoms with E-state index < -0.39 is 0 Å². The van der Waals surface area contributed by atoms with Crippen molar-refractivity contribution in [2.24, 2.45) is 10.8 Å². The third-order valence-electron chi connectivity index (χ3n) is 5.05. The molecular formula is C16H21N3. The lowest BCUT2D eigenvalue weighted by Gasteiger charge is -2.10. The highest BCUT2D eigenvalue weighted by Crippen LogP contribution is 2.63. The Hall–Kier alpha value is -1.64. The second-order valence-electron chi connectivity index (χ2n) is 6.67. The van der Waals surface area contributed by atoms with Crippen LogP contribution in [0.25, 0.3) is 11.0 Å². The molecule has 0 spiro atoms. The van der Waals surface area contributed by atoms with Gasteiger partial charge in [-0.05, 0) is 29.9 Å². The van der Waals surface area contributed by atoms with Gasteiger partial charge in [-0.25, -0.2) is 9.97 Å². The quantitative estimate of drug-likeness (QED) is 0.887. The Labute approximate surface area is 114 Å². The van der Waals surface area contributed by atoms with Crippen molar-refractivity contribution in [2.75, 3.05) is 5.32 Å². The highest BCUT2D eigenvalue weighted by atomic mass is 15.1. The third kappa shape index (κ3) is 1.71. The van der Waals surface area contributed by atoms with Crippen LogP contribution in [0.5, 0.6) is 0 Å². The van der Waals surface area contributed by atoms with Gasteiger partial charge < -0.3 is 5.32 Å². The van der Waals surface area contributed by atoms with Crippen LogP contribution in [-0.4, -0.2) is 16.0 Å². The van der Waals surface area contributed by atoms with Gasteiger partial charge in [-0.1, -0.05) is 39.8 Å². The smallest absolute Gasteiger partial charge is 0.148 e. The molecule has 2 aromatic rings. The maximum atomic E-state index is 4.71. The molecular weight excluding hydrogens is 234 g/mol. The standard InChI is InChI=1S/C16H21N3/c1-10-13(19-14-15(2,3)16(14,4)5)18-12-9-7-6-8-11(12)17-10/h6-9,14H,1-5H3,(H,18,19). The molecule has 1 aliphatic rings. The van der Waals surface area contributed by atoms with Gasteiger partial charge in [0.25, 0.3) is 0 Å². The molecule has 1 fully saturated rings. The SMILES string of the molecule is Cc1nc2ccccc2nc1NC1C(C)(C)C1(C)C. The molecule has 0 amide bonds. The summed E-state index contributed by atoms with van der Waals surface area (Å²) >= 11 is 0. The van der Waals surface area contributed by atoms with Crippen LogP contribution in [0.1, 0.15) is 33.4 Å². The molecule has 3 nitrogen and oxygen atoms in total. The minimum Gasteiger partial charge on any atom is -0.365 e. The zero-order valence-corrected chi connectivity index (χ0v) is 12.3. The maximum Gasteiger partial charge on any atom is 0.148 e. The average Bonchev–Trinajstić information content (AvgIpc) is 2.72. The molecule has 1 saturated carbocycles. The summed E-state index contributed by atoms with van der Waals surface area (Å²) in [5.41, 5.74) is 3.48. The summed E-state index contributed by atoms with van der Waals surface area (Å²) in [7, 11) is 0. The minimum atomic E-state index is 0.298. The van der Waals surface area contributed by atoms with Gasteiger partial charge in [-0.15, -0.1) is 0 Å². The van der Waals surface area contributed by atoms with E-state index in [1.165, 1.54) is 0 Å². The summed E-state index contributed by atoms with van der Waals surface area (Å²) in [5.74, 6) is 0.919. The second kappa shape index (κ2) is 3.69. The molecule has 0 atom stereocenters. The van der Waals surface area contributed by atoms with Crippen LogP contribution in [-0.2, 0) is 0 Å². The molecule has 3 heteroatoms. The monoisotopic (exact) mass is 255 g/mol. The molecule has 0 bridgehead atoms. The van der Waals surface area contributed by atoms with E-state index in [1.54, 1.807) is 0 Å². The third-order valence-corrected chi connectivity index (χ3v) is 5.05. The maximum absolute atomic E-state index is 4.71. The number of hydrogen-bond donors (Lipinski definition) is 1. The van der Waals surface area contributed by atoms with Crippen LogP contribution < -0.4 is 5.32 Å². The van der Waals surface area contributed by atoms with Gasteiger partial charge in [-0.3, -0.25) is 0 Å². The second-order valence-corrected chi connectivity index (χ2v) is 6.67. The number of hydrogen-bond acceptors (Lipinski definition) is 3. The molecule has 19 heavy (non-hydrogen) atoms. The van der Waals surface area contributed by atoms with Crippen LogP contribution in [0.2, 0.25) is 0 Å². The lowest BCUT2D eigenvalue weighted by molar-refractivity contribution is 0.457. The van der Waals surface area contributed by atoms with Crippen molar-refractivity contribution < 1.29 is 0 Å².